The second-order valence-corrected chi connectivity index (χ2v) is 7.88. The SMILES string of the molecule is O=C(COc1ccc(Cl)cc1/C=c1\sc2ncnn2c1=O)Nc1ccccc1C(F)(F)F. The Morgan fingerprint density at radius 2 is 2.03 bits per heavy atom. The monoisotopic (exact) mass is 480 g/mol. The number of aromatic nitrogens is 3. The highest BCUT2D eigenvalue weighted by molar-refractivity contribution is 7.15. The molecule has 1 amide bonds. The Labute approximate surface area is 186 Å². The molecule has 0 spiro atoms. The molecule has 1 N–H and O–H groups in total. The fraction of sp³-hybridized carbons (Fsp3) is 0.100. The fourth-order valence-electron chi connectivity index (χ4n) is 2.85. The van der Waals surface area contributed by atoms with Gasteiger partial charge in [-0.2, -0.15) is 22.8 Å². The quantitative estimate of drug-likeness (QED) is 0.473. The standard InChI is InChI=1S/C20H12ClF3N4O3S/c21-12-5-6-15(11(7-12)8-16-18(30)28-19(32-16)25-10-26-28)31-9-17(29)27-14-4-2-1-3-13(14)20(22,23)24/h1-8,10H,9H2,(H,27,29)/b16-8-. The number of thiazole rings is 1. The first kappa shape index (κ1) is 21.8. The molecule has 164 valence electrons. The van der Waals surface area contributed by atoms with E-state index in [1.54, 1.807) is 0 Å². The molecule has 0 saturated carbocycles. The lowest BCUT2D eigenvalue weighted by molar-refractivity contribution is -0.137. The number of fused-ring (bicyclic) bond motifs is 1. The van der Waals surface area contributed by atoms with Gasteiger partial charge in [-0.3, -0.25) is 9.59 Å². The number of hydrogen-bond acceptors (Lipinski definition) is 6. The summed E-state index contributed by atoms with van der Waals surface area (Å²) in [6, 6.07) is 9.18. The Hall–Kier alpha value is -3.44. The summed E-state index contributed by atoms with van der Waals surface area (Å²) in [4.78, 5) is 29.0. The van der Waals surface area contributed by atoms with Gasteiger partial charge in [0.05, 0.1) is 15.8 Å². The van der Waals surface area contributed by atoms with E-state index in [4.69, 9.17) is 16.3 Å². The Morgan fingerprint density at radius 3 is 2.78 bits per heavy atom. The summed E-state index contributed by atoms with van der Waals surface area (Å²) in [6.45, 7) is -0.561. The number of hydrogen-bond donors (Lipinski definition) is 1. The van der Waals surface area contributed by atoms with Gasteiger partial charge >= 0.3 is 6.18 Å². The summed E-state index contributed by atoms with van der Waals surface area (Å²) in [7, 11) is 0. The molecule has 0 bridgehead atoms. The molecule has 32 heavy (non-hydrogen) atoms. The molecule has 2 aromatic heterocycles. The Kier molecular flexibility index (Phi) is 5.85. The fourth-order valence-corrected chi connectivity index (χ4v) is 3.90. The highest BCUT2D eigenvalue weighted by Crippen LogP contribution is 2.34. The molecule has 12 heteroatoms. The van der Waals surface area contributed by atoms with Gasteiger partial charge in [-0.05, 0) is 36.4 Å². The molecule has 0 atom stereocenters. The van der Waals surface area contributed by atoms with Crippen molar-refractivity contribution in [2.45, 2.75) is 6.18 Å². The average molecular weight is 481 g/mol. The van der Waals surface area contributed by atoms with Crippen molar-refractivity contribution in [2.75, 3.05) is 11.9 Å². The van der Waals surface area contributed by atoms with Crippen LogP contribution in [0.2, 0.25) is 5.02 Å². The van der Waals surface area contributed by atoms with Gasteiger partial charge in [0.2, 0.25) is 4.96 Å². The van der Waals surface area contributed by atoms with E-state index < -0.39 is 24.3 Å². The van der Waals surface area contributed by atoms with E-state index in [-0.39, 0.29) is 17.0 Å². The highest BCUT2D eigenvalue weighted by atomic mass is 35.5. The van der Waals surface area contributed by atoms with E-state index >= 15 is 0 Å². The molecule has 0 aliphatic carbocycles. The van der Waals surface area contributed by atoms with Crippen molar-refractivity contribution >= 4 is 45.6 Å². The Morgan fingerprint density at radius 1 is 1.25 bits per heavy atom. The number of benzene rings is 2. The summed E-state index contributed by atoms with van der Waals surface area (Å²) in [5.74, 6) is -0.571. The number of ether oxygens (including phenoxy) is 1. The van der Waals surface area contributed by atoms with Crippen molar-refractivity contribution in [3.8, 4) is 5.75 Å². The molecule has 0 radical (unpaired) electrons. The summed E-state index contributed by atoms with van der Waals surface area (Å²) in [6.07, 6.45) is -1.84. The first-order chi connectivity index (χ1) is 15.2. The second-order valence-electron chi connectivity index (χ2n) is 6.43. The van der Waals surface area contributed by atoms with Crippen molar-refractivity contribution < 1.29 is 22.7 Å². The topological polar surface area (TPSA) is 85.6 Å². The van der Waals surface area contributed by atoms with E-state index in [1.807, 2.05) is 0 Å². The molecule has 7 nitrogen and oxygen atoms in total. The van der Waals surface area contributed by atoms with Crippen LogP contribution >= 0.6 is 22.9 Å². The maximum Gasteiger partial charge on any atom is 0.418 e. The van der Waals surface area contributed by atoms with Crippen LogP contribution in [0.15, 0.2) is 53.6 Å². The zero-order valence-electron chi connectivity index (χ0n) is 15.9. The predicted molar refractivity (Wildman–Crippen MR) is 113 cm³/mol. The molecule has 4 aromatic rings. The zero-order valence-corrected chi connectivity index (χ0v) is 17.5. The lowest BCUT2D eigenvalue weighted by Crippen LogP contribution is -2.24. The van der Waals surface area contributed by atoms with Crippen LogP contribution in [0.5, 0.6) is 5.75 Å². The van der Waals surface area contributed by atoms with Crippen molar-refractivity contribution in [3.63, 3.8) is 0 Å². The Balaban J connectivity index is 1.56. The van der Waals surface area contributed by atoms with Crippen LogP contribution in [-0.2, 0) is 11.0 Å². The van der Waals surface area contributed by atoms with Gasteiger partial charge in [-0.1, -0.05) is 35.1 Å². The van der Waals surface area contributed by atoms with Crippen LogP contribution in [0.1, 0.15) is 11.1 Å². The van der Waals surface area contributed by atoms with E-state index in [0.717, 1.165) is 28.0 Å². The molecule has 4 rings (SSSR count). The molecule has 0 aliphatic rings. The van der Waals surface area contributed by atoms with Gasteiger partial charge in [-0.15, -0.1) is 0 Å². The molecule has 0 aliphatic heterocycles. The van der Waals surface area contributed by atoms with Gasteiger partial charge in [0.1, 0.15) is 12.1 Å². The minimum absolute atomic E-state index is 0.215. The van der Waals surface area contributed by atoms with Crippen LogP contribution in [-0.4, -0.2) is 27.1 Å². The summed E-state index contributed by atoms with van der Waals surface area (Å²) >= 11 is 7.15. The smallest absolute Gasteiger partial charge is 0.418 e. The lowest BCUT2D eigenvalue weighted by Gasteiger charge is -2.14. The number of amides is 1. The third kappa shape index (κ3) is 4.58. The predicted octanol–water partition coefficient (Wildman–Crippen LogP) is 3.39. The van der Waals surface area contributed by atoms with Crippen LogP contribution in [0, 0.1) is 0 Å². The third-order valence-corrected chi connectivity index (χ3v) is 5.45. The maximum absolute atomic E-state index is 13.1. The molecule has 2 aromatic carbocycles. The van der Waals surface area contributed by atoms with E-state index in [1.165, 1.54) is 42.7 Å². The summed E-state index contributed by atoms with van der Waals surface area (Å²) in [5, 5.41) is 6.40. The summed E-state index contributed by atoms with van der Waals surface area (Å²) < 4.78 is 46.3. The summed E-state index contributed by atoms with van der Waals surface area (Å²) in [5.41, 5.74) is -1.31. The molecule has 0 unspecified atom stereocenters. The number of halogens is 4. The Bertz CT molecular complexity index is 1420. The first-order valence-electron chi connectivity index (χ1n) is 8.95. The van der Waals surface area contributed by atoms with Gasteiger partial charge < -0.3 is 10.1 Å². The number of anilines is 1. The van der Waals surface area contributed by atoms with E-state index in [9.17, 15) is 22.8 Å². The third-order valence-electron chi connectivity index (χ3n) is 4.24. The largest absolute Gasteiger partial charge is 0.483 e. The average Bonchev–Trinajstić information content (AvgIpc) is 3.30. The molecular formula is C20H12ClF3N4O3S. The van der Waals surface area contributed by atoms with Crippen molar-refractivity contribution in [1.29, 1.82) is 0 Å². The van der Waals surface area contributed by atoms with Crippen LogP contribution in [0.4, 0.5) is 18.9 Å². The number of rotatable bonds is 5. The van der Waals surface area contributed by atoms with Crippen molar-refractivity contribution in [2.24, 2.45) is 0 Å². The van der Waals surface area contributed by atoms with Crippen molar-refractivity contribution in [1.82, 2.24) is 14.6 Å². The maximum atomic E-state index is 13.1. The molecule has 0 saturated heterocycles. The minimum Gasteiger partial charge on any atom is -0.483 e. The van der Waals surface area contributed by atoms with Gasteiger partial charge in [-0.25, -0.2) is 4.98 Å². The lowest BCUT2D eigenvalue weighted by atomic mass is 10.1. The highest BCUT2D eigenvalue weighted by Gasteiger charge is 2.33. The number of nitrogens with zero attached hydrogens (tertiary/aromatic N) is 3. The molecule has 2 heterocycles. The van der Waals surface area contributed by atoms with Gasteiger partial charge in [0.25, 0.3) is 11.5 Å². The number of para-hydroxylation sites is 1. The minimum atomic E-state index is -4.62. The second kappa shape index (κ2) is 8.60. The van der Waals surface area contributed by atoms with E-state index in [0.29, 0.717) is 20.1 Å². The normalized spacial score (nSPS) is 12.3. The van der Waals surface area contributed by atoms with Crippen molar-refractivity contribution in [3.05, 3.63) is 79.8 Å². The van der Waals surface area contributed by atoms with Crippen LogP contribution < -0.4 is 20.1 Å². The van der Waals surface area contributed by atoms with E-state index in [2.05, 4.69) is 15.4 Å². The number of carbonyl (C=O) groups excluding carboxylic acids is 1. The number of alkyl halides is 3. The molecular weight excluding hydrogens is 469 g/mol. The zero-order chi connectivity index (χ0) is 22.9. The van der Waals surface area contributed by atoms with Crippen LogP contribution in [0.3, 0.4) is 0 Å². The molecule has 0 fully saturated rings. The number of carbonyl (C=O) groups is 1. The van der Waals surface area contributed by atoms with Crippen LogP contribution in [0.25, 0.3) is 11.0 Å². The van der Waals surface area contributed by atoms with Gasteiger partial charge in [0, 0.05) is 10.6 Å². The van der Waals surface area contributed by atoms with Gasteiger partial charge in [0.15, 0.2) is 6.61 Å². The number of nitrogens with one attached hydrogen (secondary N) is 1. The first-order valence-corrected chi connectivity index (χ1v) is 10.1.